The molecule has 3 aliphatic rings. The molecule has 1 aromatic carbocycles. The molecule has 1 aromatic heterocycles. The lowest BCUT2D eigenvalue weighted by Crippen LogP contribution is -2.49. The number of rotatable bonds is 6. The van der Waals surface area contributed by atoms with E-state index in [1.807, 2.05) is 18.2 Å². The van der Waals surface area contributed by atoms with Crippen LogP contribution in [0.3, 0.4) is 0 Å². The fourth-order valence-electron chi connectivity index (χ4n) is 5.29. The molecule has 2 bridgehead atoms. The third-order valence-electron chi connectivity index (χ3n) is 7.09. The summed E-state index contributed by atoms with van der Waals surface area (Å²) in [5.74, 6) is 1.48. The first-order valence-electron chi connectivity index (χ1n) is 12.4. The Morgan fingerprint density at radius 2 is 1.94 bits per heavy atom. The molecule has 5 rings (SSSR count). The first-order chi connectivity index (χ1) is 16.6. The minimum atomic E-state index is -0.0477. The molecular weight excluding hydrogens is 430 g/mol. The SMILES string of the molecule is O=C(/C=C/c1ccc(-c2ccc(NCC3CC4CCCC(C3)N4)nn2)c(O)c1)N1CCOCC1. The number of amides is 1. The predicted molar refractivity (Wildman–Crippen MR) is 131 cm³/mol. The van der Waals surface area contributed by atoms with Crippen molar-refractivity contribution in [3.05, 3.63) is 42.0 Å². The fourth-order valence-corrected chi connectivity index (χ4v) is 5.29. The van der Waals surface area contributed by atoms with Crippen molar-refractivity contribution in [1.29, 1.82) is 0 Å². The van der Waals surface area contributed by atoms with Gasteiger partial charge in [-0.05, 0) is 67.5 Å². The van der Waals surface area contributed by atoms with E-state index < -0.39 is 0 Å². The van der Waals surface area contributed by atoms with Gasteiger partial charge in [0.25, 0.3) is 0 Å². The minimum Gasteiger partial charge on any atom is -0.507 e. The Morgan fingerprint density at radius 3 is 2.65 bits per heavy atom. The molecule has 8 nitrogen and oxygen atoms in total. The summed E-state index contributed by atoms with van der Waals surface area (Å²) in [5.41, 5.74) is 1.97. The van der Waals surface area contributed by atoms with Gasteiger partial charge in [-0.2, -0.15) is 0 Å². The molecule has 3 aliphatic heterocycles. The summed E-state index contributed by atoms with van der Waals surface area (Å²) in [7, 11) is 0. The van der Waals surface area contributed by atoms with Crippen molar-refractivity contribution in [2.75, 3.05) is 38.2 Å². The van der Waals surface area contributed by atoms with Gasteiger partial charge >= 0.3 is 0 Å². The molecule has 2 atom stereocenters. The summed E-state index contributed by atoms with van der Waals surface area (Å²) in [6.07, 6.45) is 9.65. The molecule has 2 unspecified atom stereocenters. The second-order valence-corrected chi connectivity index (χ2v) is 9.56. The molecule has 3 N–H and O–H groups in total. The topological polar surface area (TPSA) is 99.6 Å². The van der Waals surface area contributed by atoms with Crippen LogP contribution in [0.25, 0.3) is 17.3 Å². The van der Waals surface area contributed by atoms with Crippen LogP contribution in [0.1, 0.15) is 37.7 Å². The number of phenolic OH excluding ortho intramolecular Hbond substituents is 1. The van der Waals surface area contributed by atoms with E-state index in [4.69, 9.17) is 4.74 Å². The lowest BCUT2D eigenvalue weighted by Gasteiger charge is -2.40. The lowest BCUT2D eigenvalue weighted by atomic mass is 9.80. The van der Waals surface area contributed by atoms with Crippen molar-refractivity contribution in [2.45, 2.75) is 44.2 Å². The molecule has 3 saturated heterocycles. The van der Waals surface area contributed by atoms with Crippen molar-refractivity contribution >= 4 is 17.8 Å². The number of carbonyl (C=O) groups excluding carboxylic acids is 1. The fraction of sp³-hybridized carbons (Fsp3) is 0.500. The Bertz CT molecular complexity index is 1010. The van der Waals surface area contributed by atoms with E-state index in [2.05, 4.69) is 20.8 Å². The van der Waals surface area contributed by atoms with Gasteiger partial charge in [0.15, 0.2) is 0 Å². The average molecular weight is 464 g/mol. The second-order valence-electron chi connectivity index (χ2n) is 9.56. The van der Waals surface area contributed by atoms with Crippen LogP contribution in [0, 0.1) is 5.92 Å². The highest BCUT2D eigenvalue weighted by atomic mass is 16.5. The van der Waals surface area contributed by atoms with Crippen LogP contribution >= 0.6 is 0 Å². The number of nitrogens with one attached hydrogen (secondary N) is 2. The molecule has 3 fully saturated rings. The zero-order chi connectivity index (χ0) is 23.3. The summed E-state index contributed by atoms with van der Waals surface area (Å²) in [5, 5.41) is 26.4. The van der Waals surface area contributed by atoms with Gasteiger partial charge in [-0.3, -0.25) is 4.79 Å². The highest BCUT2D eigenvalue weighted by Crippen LogP contribution is 2.31. The monoisotopic (exact) mass is 463 g/mol. The van der Waals surface area contributed by atoms with Gasteiger partial charge < -0.3 is 25.4 Å². The van der Waals surface area contributed by atoms with Crippen molar-refractivity contribution in [1.82, 2.24) is 20.4 Å². The maximum absolute atomic E-state index is 12.3. The first-order valence-corrected chi connectivity index (χ1v) is 12.4. The van der Waals surface area contributed by atoms with E-state index in [1.54, 1.807) is 23.1 Å². The number of carbonyl (C=O) groups is 1. The molecule has 2 aromatic rings. The number of hydrogen-bond donors (Lipinski definition) is 3. The maximum atomic E-state index is 12.3. The third-order valence-corrected chi connectivity index (χ3v) is 7.09. The van der Waals surface area contributed by atoms with Crippen LogP contribution in [0.2, 0.25) is 0 Å². The molecule has 8 heteroatoms. The van der Waals surface area contributed by atoms with Crippen molar-refractivity contribution in [2.24, 2.45) is 5.92 Å². The van der Waals surface area contributed by atoms with Crippen LogP contribution in [-0.4, -0.2) is 71.0 Å². The van der Waals surface area contributed by atoms with Gasteiger partial charge in [0.05, 0.1) is 18.9 Å². The van der Waals surface area contributed by atoms with Crippen LogP contribution in [0.5, 0.6) is 5.75 Å². The number of morpholine rings is 1. The summed E-state index contributed by atoms with van der Waals surface area (Å²) in [6, 6.07) is 10.4. The summed E-state index contributed by atoms with van der Waals surface area (Å²) in [6.45, 7) is 3.27. The summed E-state index contributed by atoms with van der Waals surface area (Å²) < 4.78 is 5.28. The number of anilines is 1. The molecule has 0 radical (unpaired) electrons. The number of fused-ring (bicyclic) bond motifs is 2. The number of nitrogens with zero attached hydrogens (tertiary/aromatic N) is 3. The Kier molecular flexibility index (Phi) is 7.06. The molecule has 1 amide bonds. The van der Waals surface area contributed by atoms with E-state index >= 15 is 0 Å². The normalized spacial score (nSPS) is 24.8. The first kappa shape index (κ1) is 22.8. The highest BCUT2D eigenvalue weighted by molar-refractivity contribution is 5.92. The lowest BCUT2D eigenvalue weighted by molar-refractivity contribution is -0.129. The minimum absolute atomic E-state index is 0.0477. The zero-order valence-electron chi connectivity index (χ0n) is 19.4. The number of aromatic hydroxyl groups is 1. The van der Waals surface area contributed by atoms with Gasteiger partial charge in [-0.15, -0.1) is 10.2 Å². The Labute approximate surface area is 200 Å². The summed E-state index contributed by atoms with van der Waals surface area (Å²) >= 11 is 0. The Hall–Kier alpha value is -2.97. The van der Waals surface area contributed by atoms with Crippen molar-refractivity contribution in [3.8, 4) is 17.0 Å². The van der Waals surface area contributed by atoms with E-state index in [0.717, 1.165) is 17.9 Å². The van der Waals surface area contributed by atoms with Gasteiger partial charge in [-0.25, -0.2) is 0 Å². The zero-order valence-corrected chi connectivity index (χ0v) is 19.4. The van der Waals surface area contributed by atoms with E-state index in [1.165, 1.54) is 38.2 Å². The molecule has 0 saturated carbocycles. The van der Waals surface area contributed by atoms with Crippen molar-refractivity contribution < 1.29 is 14.6 Å². The smallest absolute Gasteiger partial charge is 0.246 e. The van der Waals surface area contributed by atoms with Crippen LogP contribution in [-0.2, 0) is 9.53 Å². The summed E-state index contributed by atoms with van der Waals surface area (Å²) in [4.78, 5) is 14.0. The number of ether oxygens (including phenoxy) is 1. The van der Waals surface area contributed by atoms with Gasteiger partial charge in [-0.1, -0.05) is 12.5 Å². The Balaban J connectivity index is 1.17. The third kappa shape index (κ3) is 5.56. The molecule has 34 heavy (non-hydrogen) atoms. The van der Waals surface area contributed by atoms with Crippen molar-refractivity contribution in [3.63, 3.8) is 0 Å². The quantitative estimate of drug-likeness (QED) is 0.566. The van der Waals surface area contributed by atoms with Crippen LogP contribution in [0.15, 0.2) is 36.4 Å². The standard InChI is InChI=1S/C26H33N5O3/c32-24-16-18(5-9-26(33)31-10-12-34-13-11-31)4-6-22(24)23-7-8-25(30-29-23)27-17-19-14-20-2-1-3-21(15-19)28-20/h4-9,16,19-21,28,32H,1-3,10-15,17H2,(H,27,30)/b9-5+. The number of aromatic nitrogens is 2. The molecule has 4 heterocycles. The molecule has 0 aliphatic carbocycles. The van der Waals surface area contributed by atoms with E-state index in [0.29, 0.717) is 55.6 Å². The van der Waals surface area contributed by atoms with Gasteiger partial charge in [0, 0.05) is 43.4 Å². The number of hydrogen-bond acceptors (Lipinski definition) is 7. The van der Waals surface area contributed by atoms with Gasteiger partial charge in [0.2, 0.25) is 5.91 Å². The van der Waals surface area contributed by atoms with Gasteiger partial charge in [0.1, 0.15) is 11.6 Å². The number of piperidine rings is 2. The van der Waals surface area contributed by atoms with Crippen LogP contribution in [0.4, 0.5) is 5.82 Å². The Morgan fingerprint density at radius 1 is 1.15 bits per heavy atom. The molecule has 0 spiro atoms. The predicted octanol–water partition coefficient (Wildman–Crippen LogP) is 3.05. The molecular formula is C26H33N5O3. The van der Waals surface area contributed by atoms with Crippen LogP contribution < -0.4 is 10.6 Å². The maximum Gasteiger partial charge on any atom is 0.246 e. The second kappa shape index (κ2) is 10.5. The highest BCUT2D eigenvalue weighted by Gasteiger charge is 2.30. The average Bonchev–Trinajstić information content (AvgIpc) is 2.87. The molecule has 180 valence electrons. The van der Waals surface area contributed by atoms with E-state index in [-0.39, 0.29) is 11.7 Å². The number of benzene rings is 1. The van der Waals surface area contributed by atoms with E-state index in [9.17, 15) is 9.90 Å². The largest absolute Gasteiger partial charge is 0.507 e. The number of phenols is 1.